The first-order chi connectivity index (χ1) is 6.49. The van der Waals surface area contributed by atoms with Crippen molar-refractivity contribution < 1.29 is 4.79 Å². The van der Waals surface area contributed by atoms with Crippen LogP contribution in [0.4, 0.5) is 0 Å². The Morgan fingerprint density at radius 1 is 1.29 bits per heavy atom. The summed E-state index contributed by atoms with van der Waals surface area (Å²) in [7, 11) is 0. The second-order valence-electron chi connectivity index (χ2n) is 4.57. The Balaban J connectivity index is 2.40. The predicted octanol–water partition coefficient (Wildman–Crippen LogP) is 2.16. The third-order valence-electron chi connectivity index (χ3n) is 2.80. The highest BCUT2D eigenvalue weighted by Crippen LogP contribution is 2.30. The molecule has 2 nitrogen and oxygen atoms in total. The van der Waals surface area contributed by atoms with E-state index in [1.54, 1.807) is 0 Å². The minimum atomic E-state index is -0.0141. The summed E-state index contributed by atoms with van der Waals surface area (Å²) in [6, 6.07) is 0. The highest BCUT2D eigenvalue weighted by Gasteiger charge is 2.28. The third-order valence-corrected chi connectivity index (χ3v) is 2.80. The van der Waals surface area contributed by atoms with Crippen LogP contribution in [0.25, 0.3) is 0 Å². The summed E-state index contributed by atoms with van der Waals surface area (Å²) in [6.07, 6.45) is 8.33. The van der Waals surface area contributed by atoms with Gasteiger partial charge in [-0.2, -0.15) is 0 Å². The average molecular weight is 189 g/mol. The molecule has 0 bridgehead atoms. The van der Waals surface area contributed by atoms with Crippen LogP contribution in [0.1, 0.15) is 20.8 Å². The van der Waals surface area contributed by atoms with Gasteiger partial charge in [0.1, 0.15) is 0 Å². The smallest absolute Gasteiger partial charge is 0.231 e. The molecule has 2 aliphatic rings. The van der Waals surface area contributed by atoms with Crippen molar-refractivity contribution in [2.45, 2.75) is 20.8 Å². The lowest BCUT2D eigenvalue weighted by atomic mass is 9.92. The van der Waals surface area contributed by atoms with E-state index in [0.29, 0.717) is 0 Å². The van der Waals surface area contributed by atoms with Gasteiger partial charge in [-0.15, -0.1) is 0 Å². The molecule has 14 heavy (non-hydrogen) atoms. The quantitative estimate of drug-likeness (QED) is 0.621. The lowest BCUT2D eigenvalue weighted by Crippen LogP contribution is -2.19. The summed E-state index contributed by atoms with van der Waals surface area (Å²) >= 11 is 0. The average Bonchev–Trinajstić information content (AvgIpc) is 2.27. The molecule has 1 unspecified atom stereocenters. The molecular formula is C12H15NO. The van der Waals surface area contributed by atoms with Crippen molar-refractivity contribution in [1.29, 1.82) is 0 Å². The standard InChI is InChI=1S/C12H15NO/c1-8-9-4-6-12(2,3)7-5-10(9)13-11(8)14/h4-8H,1-3H3,(H,13,14). The van der Waals surface area contributed by atoms with Gasteiger partial charge in [-0.05, 0) is 18.6 Å². The fourth-order valence-electron chi connectivity index (χ4n) is 1.72. The van der Waals surface area contributed by atoms with Crippen LogP contribution in [-0.4, -0.2) is 5.91 Å². The lowest BCUT2D eigenvalue weighted by Gasteiger charge is -2.13. The number of rotatable bonds is 0. The van der Waals surface area contributed by atoms with Gasteiger partial charge in [-0.25, -0.2) is 0 Å². The minimum Gasteiger partial charge on any atom is -0.325 e. The fraction of sp³-hybridized carbons (Fsp3) is 0.417. The Labute approximate surface area is 84.4 Å². The third kappa shape index (κ3) is 1.41. The zero-order chi connectivity index (χ0) is 10.3. The van der Waals surface area contributed by atoms with Gasteiger partial charge >= 0.3 is 0 Å². The van der Waals surface area contributed by atoms with E-state index in [9.17, 15) is 4.79 Å². The molecular weight excluding hydrogens is 174 g/mol. The molecule has 0 saturated heterocycles. The number of allylic oxidation sites excluding steroid dienone is 4. The van der Waals surface area contributed by atoms with Gasteiger partial charge in [0.05, 0.1) is 5.92 Å². The molecule has 1 N–H and O–H groups in total. The summed E-state index contributed by atoms with van der Waals surface area (Å²) in [5.74, 6) is 0.0869. The van der Waals surface area contributed by atoms with Crippen molar-refractivity contribution in [3.8, 4) is 0 Å². The van der Waals surface area contributed by atoms with Gasteiger partial charge in [0.2, 0.25) is 5.91 Å². The zero-order valence-electron chi connectivity index (χ0n) is 8.79. The molecule has 0 aromatic heterocycles. The van der Waals surface area contributed by atoms with Crippen LogP contribution >= 0.6 is 0 Å². The Morgan fingerprint density at radius 3 is 2.64 bits per heavy atom. The van der Waals surface area contributed by atoms with Gasteiger partial charge in [0, 0.05) is 11.1 Å². The van der Waals surface area contributed by atoms with E-state index < -0.39 is 0 Å². The molecule has 0 spiro atoms. The molecule has 1 aliphatic carbocycles. The molecule has 1 heterocycles. The SMILES string of the molecule is CC1C(=O)NC2=C1C=CC(C)(C)C=C2. The molecule has 1 amide bonds. The summed E-state index contributed by atoms with van der Waals surface area (Å²) in [5.41, 5.74) is 2.15. The van der Waals surface area contributed by atoms with Crippen molar-refractivity contribution in [3.63, 3.8) is 0 Å². The van der Waals surface area contributed by atoms with Crippen LogP contribution in [0.5, 0.6) is 0 Å². The van der Waals surface area contributed by atoms with E-state index >= 15 is 0 Å². The normalized spacial score (nSPS) is 28.8. The number of hydrogen-bond donors (Lipinski definition) is 1. The van der Waals surface area contributed by atoms with Gasteiger partial charge < -0.3 is 5.32 Å². The van der Waals surface area contributed by atoms with E-state index in [4.69, 9.17) is 0 Å². The van der Waals surface area contributed by atoms with Crippen LogP contribution < -0.4 is 5.32 Å². The predicted molar refractivity (Wildman–Crippen MR) is 56.4 cm³/mol. The Hall–Kier alpha value is -1.31. The molecule has 1 aliphatic heterocycles. The highest BCUT2D eigenvalue weighted by atomic mass is 16.2. The lowest BCUT2D eigenvalue weighted by molar-refractivity contribution is -0.121. The Bertz CT molecular complexity index is 372. The van der Waals surface area contributed by atoms with Crippen molar-refractivity contribution in [2.75, 3.05) is 0 Å². The van der Waals surface area contributed by atoms with Crippen LogP contribution in [0.2, 0.25) is 0 Å². The van der Waals surface area contributed by atoms with Crippen molar-refractivity contribution in [2.24, 2.45) is 11.3 Å². The number of hydrogen-bond acceptors (Lipinski definition) is 1. The Morgan fingerprint density at radius 2 is 1.93 bits per heavy atom. The number of amides is 1. The maximum Gasteiger partial charge on any atom is 0.231 e. The van der Waals surface area contributed by atoms with Crippen LogP contribution in [0.3, 0.4) is 0 Å². The summed E-state index contributed by atoms with van der Waals surface area (Å²) in [4.78, 5) is 11.4. The van der Waals surface area contributed by atoms with E-state index in [1.165, 1.54) is 0 Å². The zero-order valence-corrected chi connectivity index (χ0v) is 8.79. The summed E-state index contributed by atoms with van der Waals surface area (Å²) in [5, 5.41) is 2.89. The number of carbonyl (C=O) groups excluding carboxylic acids is 1. The van der Waals surface area contributed by atoms with E-state index in [-0.39, 0.29) is 17.2 Å². The summed E-state index contributed by atoms with van der Waals surface area (Å²) < 4.78 is 0. The molecule has 74 valence electrons. The van der Waals surface area contributed by atoms with Gasteiger partial charge in [-0.3, -0.25) is 4.79 Å². The van der Waals surface area contributed by atoms with Gasteiger partial charge in [0.25, 0.3) is 0 Å². The van der Waals surface area contributed by atoms with E-state index in [0.717, 1.165) is 11.3 Å². The second kappa shape index (κ2) is 2.84. The molecule has 1 atom stereocenters. The first kappa shape index (κ1) is 9.25. The Kier molecular flexibility index (Phi) is 1.88. The molecule has 2 heteroatoms. The minimum absolute atomic E-state index is 0.0141. The topological polar surface area (TPSA) is 29.1 Å². The van der Waals surface area contributed by atoms with Crippen LogP contribution in [0, 0.1) is 11.3 Å². The summed E-state index contributed by atoms with van der Waals surface area (Å²) in [6.45, 7) is 6.23. The monoisotopic (exact) mass is 189 g/mol. The second-order valence-corrected chi connectivity index (χ2v) is 4.57. The van der Waals surface area contributed by atoms with Crippen molar-refractivity contribution in [1.82, 2.24) is 5.32 Å². The first-order valence-electron chi connectivity index (χ1n) is 4.93. The first-order valence-corrected chi connectivity index (χ1v) is 4.93. The maximum absolute atomic E-state index is 11.4. The van der Waals surface area contributed by atoms with E-state index in [2.05, 4.69) is 37.4 Å². The van der Waals surface area contributed by atoms with Crippen molar-refractivity contribution >= 4 is 5.91 Å². The van der Waals surface area contributed by atoms with Crippen molar-refractivity contribution in [3.05, 3.63) is 35.6 Å². The molecule has 0 radical (unpaired) electrons. The molecule has 0 fully saturated rings. The highest BCUT2D eigenvalue weighted by molar-refractivity contribution is 5.88. The van der Waals surface area contributed by atoms with Gasteiger partial charge in [-0.1, -0.05) is 32.1 Å². The fourth-order valence-corrected chi connectivity index (χ4v) is 1.72. The molecule has 0 aromatic rings. The van der Waals surface area contributed by atoms with Crippen LogP contribution in [0.15, 0.2) is 35.6 Å². The van der Waals surface area contributed by atoms with E-state index in [1.807, 2.05) is 13.0 Å². The molecule has 0 aromatic carbocycles. The largest absolute Gasteiger partial charge is 0.325 e. The molecule has 0 saturated carbocycles. The molecule has 2 rings (SSSR count). The number of carbonyl (C=O) groups is 1. The maximum atomic E-state index is 11.4. The van der Waals surface area contributed by atoms with Gasteiger partial charge in [0.15, 0.2) is 0 Å². The van der Waals surface area contributed by atoms with Crippen LogP contribution in [-0.2, 0) is 4.79 Å². The number of nitrogens with one attached hydrogen (secondary N) is 1.